The molecule has 1 aromatic rings. The average Bonchev–Trinajstić information content (AvgIpc) is 2.63. The number of nitrogen functional groups attached to an aromatic ring is 1. The number of fused-ring (bicyclic) bond motifs is 1. The maximum absolute atomic E-state index is 13.9. The number of carbonyl (C=O) groups is 1. The fourth-order valence-corrected chi connectivity index (χ4v) is 2.36. The molecule has 0 aromatic heterocycles. The highest BCUT2D eigenvalue weighted by Crippen LogP contribution is 2.29. The van der Waals surface area contributed by atoms with Gasteiger partial charge in [-0.15, -0.1) is 0 Å². The molecule has 0 radical (unpaired) electrons. The molecule has 1 heterocycles. The van der Waals surface area contributed by atoms with Crippen LogP contribution in [-0.4, -0.2) is 34.2 Å². The SMILES string of the molecule is CCc1cc2c(cc1N)CN(CC(F)C(C)(C)O)C2=O. The maximum Gasteiger partial charge on any atom is 0.254 e. The predicted molar refractivity (Wildman–Crippen MR) is 76.2 cm³/mol. The van der Waals surface area contributed by atoms with Crippen LogP contribution in [0.5, 0.6) is 0 Å². The smallest absolute Gasteiger partial charge is 0.254 e. The van der Waals surface area contributed by atoms with E-state index in [-0.39, 0.29) is 12.5 Å². The van der Waals surface area contributed by atoms with Crippen LogP contribution in [0.4, 0.5) is 10.1 Å². The van der Waals surface area contributed by atoms with E-state index < -0.39 is 11.8 Å². The average molecular weight is 280 g/mol. The lowest BCUT2D eigenvalue weighted by Crippen LogP contribution is -2.42. The third-order valence-corrected chi connectivity index (χ3v) is 3.77. The third kappa shape index (κ3) is 2.63. The second-order valence-electron chi connectivity index (χ2n) is 5.87. The Balaban J connectivity index is 2.21. The number of hydrogen-bond acceptors (Lipinski definition) is 3. The van der Waals surface area contributed by atoms with Crippen molar-refractivity contribution >= 4 is 11.6 Å². The second kappa shape index (κ2) is 5.05. The number of amides is 1. The number of aliphatic hydroxyl groups is 1. The number of aryl methyl sites for hydroxylation is 1. The molecular formula is C15H21FN2O2. The number of benzene rings is 1. The zero-order valence-electron chi connectivity index (χ0n) is 12.1. The predicted octanol–water partition coefficient (Wildman–Crippen LogP) is 1.90. The molecule has 1 aliphatic heterocycles. The van der Waals surface area contributed by atoms with E-state index in [4.69, 9.17) is 5.73 Å². The van der Waals surface area contributed by atoms with Crippen LogP contribution in [0.3, 0.4) is 0 Å². The van der Waals surface area contributed by atoms with E-state index in [0.717, 1.165) is 17.5 Å². The molecule has 1 unspecified atom stereocenters. The van der Waals surface area contributed by atoms with E-state index in [2.05, 4.69) is 0 Å². The normalized spacial score (nSPS) is 16.4. The minimum atomic E-state index is -1.48. The third-order valence-electron chi connectivity index (χ3n) is 3.77. The van der Waals surface area contributed by atoms with Gasteiger partial charge in [-0.1, -0.05) is 6.92 Å². The molecule has 5 heteroatoms. The molecule has 20 heavy (non-hydrogen) atoms. The molecule has 0 saturated carbocycles. The first-order chi connectivity index (χ1) is 9.24. The summed E-state index contributed by atoms with van der Waals surface area (Å²) in [5, 5.41) is 9.64. The summed E-state index contributed by atoms with van der Waals surface area (Å²) in [7, 11) is 0. The van der Waals surface area contributed by atoms with Crippen molar-refractivity contribution in [3.05, 3.63) is 28.8 Å². The van der Waals surface area contributed by atoms with E-state index >= 15 is 0 Å². The van der Waals surface area contributed by atoms with Crippen molar-refractivity contribution in [2.24, 2.45) is 0 Å². The Morgan fingerprint density at radius 2 is 2.15 bits per heavy atom. The summed E-state index contributed by atoms with van der Waals surface area (Å²) in [5.41, 5.74) is 7.48. The first-order valence-corrected chi connectivity index (χ1v) is 6.81. The minimum Gasteiger partial charge on any atom is -0.398 e. The van der Waals surface area contributed by atoms with Crippen molar-refractivity contribution in [3.8, 4) is 0 Å². The number of nitrogens with zero attached hydrogens (tertiary/aromatic N) is 1. The van der Waals surface area contributed by atoms with E-state index in [1.165, 1.54) is 18.7 Å². The summed E-state index contributed by atoms with van der Waals surface area (Å²) in [6, 6.07) is 3.59. The van der Waals surface area contributed by atoms with Crippen LogP contribution in [-0.2, 0) is 13.0 Å². The molecule has 1 aromatic carbocycles. The van der Waals surface area contributed by atoms with Gasteiger partial charge in [-0.05, 0) is 43.5 Å². The standard InChI is InChI=1S/C15H21FN2O2/c1-4-9-5-11-10(6-12(9)17)7-18(14(11)19)8-13(16)15(2,3)20/h5-6,13,20H,4,7-8,17H2,1-3H3. The van der Waals surface area contributed by atoms with Gasteiger partial charge >= 0.3 is 0 Å². The number of alkyl halides is 1. The quantitative estimate of drug-likeness (QED) is 0.828. The molecule has 2 rings (SSSR count). The summed E-state index contributed by atoms with van der Waals surface area (Å²) >= 11 is 0. The molecule has 0 saturated heterocycles. The number of rotatable bonds is 4. The lowest BCUT2D eigenvalue weighted by molar-refractivity contribution is -0.0159. The summed E-state index contributed by atoms with van der Waals surface area (Å²) in [5.74, 6) is -0.193. The summed E-state index contributed by atoms with van der Waals surface area (Å²) in [6.07, 6.45) is -0.731. The monoisotopic (exact) mass is 280 g/mol. The zero-order chi connectivity index (χ0) is 15.1. The van der Waals surface area contributed by atoms with Crippen molar-refractivity contribution in [2.45, 2.75) is 45.5 Å². The fourth-order valence-electron chi connectivity index (χ4n) is 2.36. The van der Waals surface area contributed by atoms with Gasteiger partial charge in [-0.2, -0.15) is 0 Å². The number of hydrogen-bond donors (Lipinski definition) is 2. The van der Waals surface area contributed by atoms with Crippen LogP contribution in [0.2, 0.25) is 0 Å². The van der Waals surface area contributed by atoms with E-state index in [9.17, 15) is 14.3 Å². The Labute approximate surface area is 118 Å². The van der Waals surface area contributed by atoms with Gasteiger partial charge in [0.2, 0.25) is 0 Å². The van der Waals surface area contributed by atoms with Crippen molar-refractivity contribution in [1.29, 1.82) is 0 Å². The summed E-state index contributed by atoms with van der Waals surface area (Å²) < 4.78 is 13.9. The molecule has 1 aliphatic rings. The number of halogens is 1. The van der Waals surface area contributed by atoms with Crippen LogP contribution < -0.4 is 5.73 Å². The second-order valence-corrected chi connectivity index (χ2v) is 5.87. The molecule has 0 fully saturated rings. The Morgan fingerprint density at radius 3 is 2.70 bits per heavy atom. The van der Waals surface area contributed by atoms with Gasteiger partial charge in [0.15, 0.2) is 0 Å². The Kier molecular flexibility index (Phi) is 3.73. The molecule has 0 bridgehead atoms. The van der Waals surface area contributed by atoms with E-state index in [1.807, 2.05) is 6.92 Å². The van der Waals surface area contributed by atoms with Gasteiger partial charge in [0.1, 0.15) is 6.17 Å². The van der Waals surface area contributed by atoms with Gasteiger partial charge in [0.05, 0.1) is 12.1 Å². The number of carbonyl (C=O) groups excluding carboxylic acids is 1. The Morgan fingerprint density at radius 1 is 1.50 bits per heavy atom. The van der Waals surface area contributed by atoms with Crippen molar-refractivity contribution < 1.29 is 14.3 Å². The molecule has 1 atom stereocenters. The van der Waals surface area contributed by atoms with Gasteiger partial charge < -0.3 is 15.7 Å². The lowest BCUT2D eigenvalue weighted by atomic mass is 10.0. The highest BCUT2D eigenvalue weighted by atomic mass is 19.1. The maximum atomic E-state index is 13.9. The van der Waals surface area contributed by atoms with Crippen LogP contribution in [0.15, 0.2) is 12.1 Å². The van der Waals surface area contributed by atoms with Gasteiger partial charge in [0, 0.05) is 17.8 Å². The highest BCUT2D eigenvalue weighted by Gasteiger charge is 2.34. The largest absolute Gasteiger partial charge is 0.398 e. The molecular weight excluding hydrogens is 259 g/mol. The minimum absolute atomic E-state index is 0.113. The number of nitrogens with two attached hydrogens (primary N) is 1. The van der Waals surface area contributed by atoms with Crippen molar-refractivity contribution in [1.82, 2.24) is 4.90 Å². The Hall–Kier alpha value is -1.62. The zero-order valence-corrected chi connectivity index (χ0v) is 12.1. The lowest BCUT2D eigenvalue weighted by Gasteiger charge is -2.26. The topological polar surface area (TPSA) is 66.6 Å². The van der Waals surface area contributed by atoms with Gasteiger partial charge in [0.25, 0.3) is 5.91 Å². The van der Waals surface area contributed by atoms with E-state index in [0.29, 0.717) is 17.8 Å². The summed E-state index contributed by atoms with van der Waals surface area (Å²) in [4.78, 5) is 13.7. The van der Waals surface area contributed by atoms with Gasteiger partial charge in [-0.25, -0.2) is 4.39 Å². The van der Waals surface area contributed by atoms with Gasteiger partial charge in [-0.3, -0.25) is 4.79 Å². The highest BCUT2D eigenvalue weighted by molar-refractivity contribution is 5.99. The molecule has 0 aliphatic carbocycles. The fraction of sp³-hybridized carbons (Fsp3) is 0.533. The van der Waals surface area contributed by atoms with Crippen LogP contribution in [0, 0.1) is 0 Å². The van der Waals surface area contributed by atoms with Crippen LogP contribution in [0.1, 0.15) is 42.3 Å². The van der Waals surface area contributed by atoms with E-state index in [1.54, 1.807) is 12.1 Å². The van der Waals surface area contributed by atoms with Crippen LogP contribution >= 0.6 is 0 Å². The first kappa shape index (κ1) is 14.8. The van der Waals surface area contributed by atoms with Crippen molar-refractivity contribution in [2.75, 3.05) is 12.3 Å². The molecule has 110 valence electrons. The molecule has 3 N–H and O–H groups in total. The summed E-state index contributed by atoms with van der Waals surface area (Å²) in [6.45, 7) is 5.01. The molecule has 1 amide bonds. The van der Waals surface area contributed by atoms with Crippen LogP contribution in [0.25, 0.3) is 0 Å². The van der Waals surface area contributed by atoms with Crippen molar-refractivity contribution in [3.63, 3.8) is 0 Å². The Bertz CT molecular complexity index is 537. The first-order valence-electron chi connectivity index (χ1n) is 6.81. The molecule has 4 nitrogen and oxygen atoms in total. The molecule has 0 spiro atoms. The number of anilines is 1.